The van der Waals surface area contributed by atoms with Crippen molar-refractivity contribution in [1.82, 2.24) is 0 Å². The van der Waals surface area contributed by atoms with Crippen molar-refractivity contribution in [1.29, 1.82) is 0 Å². The largest absolute Gasteiger partial charge is 0.489 e. The fraction of sp³-hybridized carbons (Fsp3) is 0.250. The maximum Gasteiger partial charge on any atom is 0.489 e. The molecule has 4 nitrogen and oxygen atoms in total. The first-order valence-electron chi connectivity index (χ1n) is 2.43. The Balaban J connectivity index is 3.63. The maximum absolute atomic E-state index is 8.37. The third kappa shape index (κ3) is 3.90. The van der Waals surface area contributed by atoms with Crippen LogP contribution in [0.3, 0.4) is 0 Å². The predicted octanol–water partition coefficient (Wildman–Crippen LogP) is -1.46. The van der Waals surface area contributed by atoms with Gasteiger partial charge in [-0.05, 0) is 5.47 Å². The first kappa shape index (κ1) is 8.35. The van der Waals surface area contributed by atoms with E-state index in [1.165, 1.54) is 6.21 Å². The van der Waals surface area contributed by atoms with Crippen molar-refractivity contribution < 1.29 is 10.0 Å². The summed E-state index contributed by atoms with van der Waals surface area (Å²) in [5, 5.41) is 16.7. The van der Waals surface area contributed by atoms with Crippen molar-refractivity contribution in [2.75, 3.05) is 6.67 Å². The average Bonchev–Trinajstić information content (AvgIpc) is 1.82. The van der Waals surface area contributed by atoms with Crippen LogP contribution < -0.4 is 5.73 Å². The summed E-state index contributed by atoms with van der Waals surface area (Å²) in [6.07, 6.45) is 1.23. The molecule has 0 saturated carbocycles. The number of nitrogens with zero attached hydrogens (tertiary/aromatic N) is 1. The van der Waals surface area contributed by atoms with Crippen LogP contribution in [-0.2, 0) is 0 Å². The minimum atomic E-state index is -1.53. The molecule has 9 heavy (non-hydrogen) atoms. The molecule has 0 aromatic carbocycles. The van der Waals surface area contributed by atoms with E-state index in [0.717, 1.165) is 0 Å². The van der Waals surface area contributed by atoms with Crippen LogP contribution in [0.1, 0.15) is 0 Å². The fourth-order valence-electron chi connectivity index (χ4n) is 0.237. The van der Waals surface area contributed by atoms with E-state index in [2.05, 4.69) is 11.6 Å². The van der Waals surface area contributed by atoms with Crippen LogP contribution in [0.15, 0.2) is 17.0 Å². The molecule has 0 fully saturated rings. The molecule has 0 unspecified atom stereocenters. The fourth-order valence-corrected chi connectivity index (χ4v) is 0.237. The Morgan fingerprint density at radius 2 is 2.33 bits per heavy atom. The lowest BCUT2D eigenvalue weighted by Crippen LogP contribution is -2.15. The molecule has 0 atom stereocenters. The van der Waals surface area contributed by atoms with Gasteiger partial charge in [-0.25, -0.2) is 0 Å². The van der Waals surface area contributed by atoms with Gasteiger partial charge in [-0.15, -0.1) is 0 Å². The molecule has 0 aliphatic heterocycles. The first-order chi connectivity index (χ1) is 4.18. The van der Waals surface area contributed by atoms with E-state index >= 15 is 0 Å². The van der Waals surface area contributed by atoms with Gasteiger partial charge in [0.05, 0.1) is 6.67 Å². The molecule has 0 aromatic heterocycles. The summed E-state index contributed by atoms with van der Waals surface area (Å²) in [6, 6.07) is 0. The standard InChI is InChI=1S/C4H9BN2O2/c1-4(5(8)9)2-7-3-6/h2,8-9H,1,3,6H2. The zero-order valence-electron chi connectivity index (χ0n) is 4.99. The maximum atomic E-state index is 8.37. The van der Waals surface area contributed by atoms with Crippen molar-refractivity contribution >= 4 is 13.3 Å². The van der Waals surface area contributed by atoms with E-state index in [-0.39, 0.29) is 12.1 Å². The molecule has 0 amide bonds. The van der Waals surface area contributed by atoms with Crippen molar-refractivity contribution in [3.63, 3.8) is 0 Å². The summed E-state index contributed by atoms with van der Waals surface area (Å²) >= 11 is 0. The summed E-state index contributed by atoms with van der Waals surface area (Å²) in [4.78, 5) is 3.53. The Hall–Kier alpha value is -0.645. The Morgan fingerprint density at radius 3 is 2.67 bits per heavy atom. The Bertz CT molecular complexity index is 124. The molecule has 4 N–H and O–H groups in total. The third-order valence-corrected chi connectivity index (χ3v) is 0.694. The predicted molar refractivity (Wildman–Crippen MR) is 36.9 cm³/mol. The number of aliphatic imine (C=N–C) groups is 1. The lowest BCUT2D eigenvalue weighted by molar-refractivity contribution is 0.422. The van der Waals surface area contributed by atoms with Gasteiger partial charge in [0, 0.05) is 6.21 Å². The second kappa shape index (κ2) is 4.26. The van der Waals surface area contributed by atoms with Gasteiger partial charge in [-0.1, -0.05) is 6.58 Å². The van der Waals surface area contributed by atoms with Gasteiger partial charge < -0.3 is 15.8 Å². The molecule has 0 saturated heterocycles. The second-order valence-corrected chi connectivity index (χ2v) is 1.44. The molecule has 0 bridgehead atoms. The normalized spacial score (nSPS) is 10.1. The molecule has 0 heterocycles. The zero-order valence-corrected chi connectivity index (χ0v) is 4.99. The van der Waals surface area contributed by atoms with Crippen LogP contribution in [0, 0.1) is 0 Å². The monoisotopic (exact) mass is 128 g/mol. The summed E-state index contributed by atoms with van der Waals surface area (Å²) in [5.74, 6) is 0. The average molecular weight is 128 g/mol. The minimum Gasteiger partial charge on any atom is -0.423 e. The first-order valence-corrected chi connectivity index (χ1v) is 2.43. The zero-order chi connectivity index (χ0) is 7.28. The second-order valence-electron chi connectivity index (χ2n) is 1.44. The van der Waals surface area contributed by atoms with Crippen molar-refractivity contribution in [2.24, 2.45) is 10.7 Å². The van der Waals surface area contributed by atoms with Gasteiger partial charge in [0.15, 0.2) is 0 Å². The molecular formula is C4H9BN2O2. The van der Waals surface area contributed by atoms with Crippen LogP contribution in [0.25, 0.3) is 0 Å². The number of allylic oxidation sites excluding steroid dienone is 1. The summed E-state index contributed by atoms with van der Waals surface area (Å²) < 4.78 is 0. The molecule has 50 valence electrons. The highest BCUT2D eigenvalue weighted by atomic mass is 16.4. The van der Waals surface area contributed by atoms with E-state index in [0.29, 0.717) is 0 Å². The highest BCUT2D eigenvalue weighted by molar-refractivity contribution is 6.56. The van der Waals surface area contributed by atoms with Crippen molar-refractivity contribution in [2.45, 2.75) is 0 Å². The van der Waals surface area contributed by atoms with E-state index in [1.807, 2.05) is 0 Å². The van der Waals surface area contributed by atoms with Crippen molar-refractivity contribution in [3.05, 3.63) is 12.1 Å². The molecule has 0 aliphatic carbocycles. The van der Waals surface area contributed by atoms with Crippen LogP contribution in [0.2, 0.25) is 0 Å². The summed E-state index contributed by atoms with van der Waals surface area (Å²) in [5.41, 5.74) is 5.11. The molecule has 0 aliphatic rings. The van der Waals surface area contributed by atoms with Gasteiger partial charge in [0.25, 0.3) is 0 Å². The van der Waals surface area contributed by atoms with E-state index < -0.39 is 7.12 Å². The van der Waals surface area contributed by atoms with Crippen LogP contribution in [-0.4, -0.2) is 30.0 Å². The lowest BCUT2D eigenvalue weighted by atomic mass is 9.82. The summed E-state index contributed by atoms with van der Waals surface area (Å²) in [6.45, 7) is 3.42. The van der Waals surface area contributed by atoms with Crippen LogP contribution in [0.4, 0.5) is 0 Å². The lowest BCUT2D eigenvalue weighted by Gasteiger charge is -1.92. The van der Waals surface area contributed by atoms with E-state index in [9.17, 15) is 0 Å². The number of nitrogens with two attached hydrogens (primary N) is 1. The minimum absolute atomic E-state index is 0.131. The Morgan fingerprint density at radius 1 is 1.78 bits per heavy atom. The molecule has 0 radical (unpaired) electrons. The van der Waals surface area contributed by atoms with Gasteiger partial charge in [-0.2, -0.15) is 0 Å². The number of rotatable bonds is 3. The highest BCUT2D eigenvalue weighted by Crippen LogP contribution is 1.84. The van der Waals surface area contributed by atoms with E-state index in [4.69, 9.17) is 15.8 Å². The molecule has 5 heteroatoms. The van der Waals surface area contributed by atoms with Crippen molar-refractivity contribution in [3.8, 4) is 0 Å². The SMILES string of the molecule is C=C(C=NCN)B(O)O. The van der Waals surface area contributed by atoms with Gasteiger partial charge in [-0.3, -0.25) is 4.99 Å². The number of hydrogen-bond donors (Lipinski definition) is 3. The molecular weight excluding hydrogens is 119 g/mol. The highest BCUT2D eigenvalue weighted by Gasteiger charge is 2.07. The number of hydrogen-bond acceptors (Lipinski definition) is 4. The van der Waals surface area contributed by atoms with Gasteiger partial charge in [0.2, 0.25) is 0 Å². The molecule has 0 aromatic rings. The Labute approximate surface area is 53.9 Å². The third-order valence-electron chi connectivity index (χ3n) is 0.694. The van der Waals surface area contributed by atoms with E-state index in [1.54, 1.807) is 0 Å². The quantitative estimate of drug-likeness (QED) is 0.321. The Kier molecular flexibility index (Phi) is 3.95. The molecule has 0 spiro atoms. The van der Waals surface area contributed by atoms with Gasteiger partial charge in [0.1, 0.15) is 0 Å². The smallest absolute Gasteiger partial charge is 0.423 e. The summed E-state index contributed by atoms with van der Waals surface area (Å²) in [7, 11) is -1.53. The van der Waals surface area contributed by atoms with Crippen LogP contribution in [0.5, 0.6) is 0 Å². The van der Waals surface area contributed by atoms with Crippen LogP contribution >= 0.6 is 0 Å². The molecule has 0 rings (SSSR count). The topological polar surface area (TPSA) is 78.8 Å². The van der Waals surface area contributed by atoms with Gasteiger partial charge >= 0.3 is 7.12 Å².